The van der Waals surface area contributed by atoms with Gasteiger partial charge in [-0.2, -0.15) is 0 Å². The zero-order valence-corrected chi connectivity index (χ0v) is 17.1. The number of hydrogen-bond acceptors (Lipinski definition) is 7. The highest BCUT2D eigenvalue weighted by atomic mass is 16.6. The largest absolute Gasteiger partial charge is 0.497 e. The van der Waals surface area contributed by atoms with Gasteiger partial charge in [-0.15, -0.1) is 0 Å². The first-order valence-corrected chi connectivity index (χ1v) is 10.7. The molecule has 3 atom stereocenters. The van der Waals surface area contributed by atoms with Crippen molar-refractivity contribution in [3.05, 3.63) is 29.8 Å². The maximum Gasteiger partial charge on any atom is 0.311 e. The minimum absolute atomic E-state index is 0.0794. The molecule has 160 valence electrons. The molecule has 2 N–H and O–H groups in total. The van der Waals surface area contributed by atoms with Gasteiger partial charge in [-0.05, 0) is 42.9 Å². The Kier molecular flexibility index (Phi) is 6.70. The quantitative estimate of drug-likeness (QED) is 0.652. The highest BCUT2D eigenvalue weighted by Crippen LogP contribution is 2.25. The third-order valence-corrected chi connectivity index (χ3v) is 6.38. The Morgan fingerprint density at radius 3 is 2.66 bits per heavy atom. The van der Waals surface area contributed by atoms with Crippen LogP contribution in [-0.4, -0.2) is 80.7 Å². The minimum Gasteiger partial charge on any atom is -0.497 e. The van der Waals surface area contributed by atoms with Crippen molar-refractivity contribution >= 4 is 5.97 Å². The number of β-amino-alcohol motifs (C(OH)–C–C–N with tert-alkyl or cyclic N) is 1. The Morgan fingerprint density at radius 1 is 1.24 bits per heavy atom. The molecular weight excluding hydrogens is 372 g/mol. The molecule has 3 saturated heterocycles. The molecule has 29 heavy (non-hydrogen) atoms. The first kappa shape index (κ1) is 20.6. The smallest absolute Gasteiger partial charge is 0.311 e. The maximum atomic E-state index is 12.6. The van der Waals surface area contributed by atoms with Crippen LogP contribution in [0.15, 0.2) is 24.3 Å². The van der Waals surface area contributed by atoms with Gasteiger partial charge >= 0.3 is 5.97 Å². The summed E-state index contributed by atoms with van der Waals surface area (Å²) in [7, 11) is 1.64. The van der Waals surface area contributed by atoms with Crippen molar-refractivity contribution in [1.29, 1.82) is 0 Å². The van der Waals surface area contributed by atoms with E-state index in [0.29, 0.717) is 18.9 Å². The van der Waals surface area contributed by atoms with E-state index in [2.05, 4.69) is 10.2 Å². The topological polar surface area (TPSA) is 80.3 Å². The molecular formula is C22H32N2O5. The molecule has 0 aliphatic carbocycles. The lowest BCUT2D eigenvalue weighted by atomic mass is 9.94. The number of likely N-dealkylation sites (tertiary alicyclic amines) is 1. The van der Waals surface area contributed by atoms with Gasteiger partial charge in [-0.25, -0.2) is 0 Å². The van der Waals surface area contributed by atoms with Crippen molar-refractivity contribution in [1.82, 2.24) is 10.2 Å². The number of carbonyl (C=O) groups is 1. The molecule has 0 saturated carbocycles. The maximum absolute atomic E-state index is 12.6. The van der Waals surface area contributed by atoms with Crippen molar-refractivity contribution in [3.63, 3.8) is 0 Å². The Morgan fingerprint density at radius 2 is 1.97 bits per heavy atom. The van der Waals surface area contributed by atoms with E-state index in [1.54, 1.807) is 7.11 Å². The van der Waals surface area contributed by atoms with Gasteiger partial charge in [0.15, 0.2) is 0 Å². The first-order valence-electron chi connectivity index (χ1n) is 10.7. The number of esters is 1. The number of hydrogen-bond donors (Lipinski definition) is 2. The molecule has 1 aromatic rings. The van der Waals surface area contributed by atoms with Gasteiger partial charge in [0.1, 0.15) is 18.0 Å². The third kappa shape index (κ3) is 5.09. The average molecular weight is 405 g/mol. The molecule has 0 unspecified atom stereocenters. The van der Waals surface area contributed by atoms with Crippen LogP contribution in [0.5, 0.6) is 5.75 Å². The summed E-state index contributed by atoms with van der Waals surface area (Å²) >= 11 is 0. The predicted molar refractivity (Wildman–Crippen MR) is 108 cm³/mol. The molecule has 0 aromatic heterocycles. The van der Waals surface area contributed by atoms with Crippen molar-refractivity contribution in [2.45, 2.75) is 37.5 Å². The second-order valence-corrected chi connectivity index (χ2v) is 8.51. The van der Waals surface area contributed by atoms with Crippen LogP contribution >= 0.6 is 0 Å². The van der Waals surface area contributed by atoms with Crippen LogP contribution in [0.1, 0.15) is 18.4 Å². The van der Waals surface area contributed by atoms with Crippen LogP contribution in [-0.2, 0) is 20.7 Å². The van der Waals surface area contributed by atoms with Crippen molar-refractivity contribution in [2.75, 3.05) is 46.5 Å². The summed E-state index contributed by atoms with van der Waals surface area (Å²) in [6.45, 7) is 4.71. The number of aliphatic hydroxyl groups excluding tert-OH is 1. The minimum atomic E-state index is -0.666. The summed E-state index contributed by atoms with van der Waals surface area (Å²) < 4.78 is 16.4. The molecule has 4 rings (SSSR count). The van der Waals surface area contributed by atoms with Crippen LogP contribution in [0.4, 0.5) is 0 Å². The lowest BCUT2D eigenvalue weighted by molar-refractivity contribution is -0.165. The van der Waals surface area contributed by atoms with Crippen LogP contribution in [0.2, 0.25) is 0 Å². The van der Waals surface area contributed by atoms with Gasteiger partial charge in [0.2, 0.25) is 0 Å². The molecule has 0 bridgehead atoms. The summed E-state index contributed by atoms with van der Waals surface area (Å²) in [6, 6.07) is 7.77. The number of ether oxygens (including phenoxy) is 3. The number of methoxy groups -OCH3 is 1. The van der Waals surface area contributed by atoms with Gasteiger partial charge < -0.3 is 29.5 Å². The van der Waals surface area contributed by atoms with E-state index >= 15 is 0 Å². The van der Waals surface area contributed by atoms with E-state index in [9.17, 15) is 9.90 Å². The molecule has 3 aliphatic rings. The van der Waals surface area contributed by atoms with Gasteiger partial charge in [0, 0.05) is 39.4 Å². The number of nitrogens with one attached hydrogen (secondary N) is 1. The SMILES string of the molecule is COc1ccc(C[C@H]2NC[C@H](O)[C@H]2OC(=O)C2CN(CC3CCOCC3)C2)cc1. The molecule has 7 heteroatoms. The number of nitrogens with zero attached hydrogens (tertiary/aromatic N) is 1. The Balaban J connectivity index is 1.25. The van der Waals surface area contributed by atoms with E-state index < -0.39 is 12.2 Å². The van der Waals surface area contributed by atoms with Gasteiger partial charge in [0.05, 0.1) is 19.1 Å². The summed E-state index contributed by atoms with van der Waals surface area (Å²) in [5, 5.41) is 13.6. The zero-order valence-electron chi connectivity index (χ0n) is 17.1. The monoisotopic (exact) mass is 404 g/mol. The Hall–Kier alpha value is -1.67. The molecule has 0 spiro atoms. The Bertz CT molecular complexity index is 670. The Labute approximate surface area is 172 Å². The zero-order chi connectivity index (χ0) is 20.2. The standard InChI is InChI=1S/C22H32N2O5/c1-27-18-4-2-15(3-5-18)10-19-21(20(25)11-23-19)29-22(26)17-13-24(14-17)12-16-6-8-28-9-7-16/h2-5,16-17,19-21,23,25H,6-14H2,1H3/t19-,20+,21+/m1/s1. The molecule has 0 radical (unpaired) electrons. The molecule has 7 nitrogen and oxygen atoms in total. The van der Waals surface area contributed by atoms with Crippen molar-refractivity contribution in [3.8, 4) is 5.75 Å². The van der Waals surface area contributed by atoms with Gasteiger partial charge in [0.25, 0.3) is 0 Å². The predicted octanol–water partition coefficient (Wildman–Crippen LogP) is 0.841. The van der Waals surface area contributed by atoms with E-state index in [1.807, 2.05) is 24.3 Å². The second-order valence-electron chi connectivity index (χ2n) is 8.51. The molecule has 3 aliphatic heterocycles. The summed E-state index contributed by atoms with van der Waals surface area (Å²) in [5.41, 5.74) is 1.12. The molecule has 3 heterocycles. The number of aliphatic hydroxyl groups is 1. The fourth-order valence-corrected chi connectivity index (χ4v) is 4.53. The normalized spacial score (nSPS) is 28.8. The van der Waals surface area contributed by atoms with Gasteiger partial charge in [-0.3, -0.25) is 4.79 Å². The third-order valence-electron chi connectivity index (χ3n) is 6.38. The van der Waals surface area contributed by atoms with E-state index in [4.69, 9.17) is 14.2 Å². The summed E-state index contributed by atoms with van der Waals surface area (Å²) in [5.74, 6) is 1.23. The fraction of sp³-hybridized carbons (Fsp3) is 0.682. The highest BCUT2D eigenvalue weighted by molar-refractivity contribution is 5.74. The molecule has 0 amide bonds. The number of benzene rings is 1. The molecule has 1 aromatic carbocycles. The average Bonchev–Trinajstić information content (AvgIpc) is 3.05. The van der Waals surface area contributed by atoms with Crippen LogP contribution < -0.4 is 10.1 Å². The molecule has 3 fully saturated rings. The first-order chi connectivity index (χ1) is 14.1. The van der Waals surface area contributed by atoms with Crippen LogP contribution in [0.25, 0.3) is 0 Å². The highest BCUT2D eigenvalue weighted by Gasteiger charge is 2.41. The van der Waals surface area contributed by atoms with E-state index in [0.717, 1.165) is 57.0 Å². The van der Waals surface area contributed by atoms with Crippen LogP contribution in [0.3, 0.4) is 0 Å². The van der Waals surface area contributed by atoms with Crippen molar-refractivity contribution < 1.29 is 24.1 Å². The van der Waals surface area contributed by atoms with Crippen LogP contribution in [0, 0.1) is 11.8 Å². The van der Waals surface area contributed by atoms with Crippen molar-refractivity contribution in [2.24, 2.45) is 11.8 Å². The lowest BCUT2D eigenvalue weighted by Crippen LogP contribution is -2.54. The number of rotatable bonds is 7. The lowest BCUT2D eigenvalue weighted by Gasteiger charge is -2.41. The van der Waals surface area contributed by atoms with Gasteiger partial charge in [-0.1, -0.05) is 12.1 Å². The summed E-state index contributed by atoms with van der Waals surface area (Å²) in [4.78, 5) is 15.0. The summed E-state index contributed by atoms with van der Waals surface area (Å²) in [6.07, 6.45) is 1.74. The van der Waals surface area contributed by atoms with E-state index in [-0.39, 0.29) is 17.9 Å². The number of carbonyl (C=O) groups excluding carboxylic acids is 1. The second kappa shape index (κ2) is 9.43. The fourth-order valence-electron chi connectivity index (χ4n) is 4.53. The van der Waals surface area contributed by atoms with E-state index in [1.165, 1.54) is 0 Å².